The zero-order valence-corrected chi connectivity index (χ0v) is 20.0. The number of ether oxygens (including phenoxy) is 2. The van der Waals surface area contributed by atoms with Crippen LogP contribution in [0.1, 0.15) is 57.4 Å². The molecule has 3 aliphatic rings. The molecule has 0 radical (unpaired) electrons. The molecule has 2 heterocycles. The molecular weight excluding hydrogens is 434 g/mol. The number of nitrogens with zero attached hydrogens (tertiary/aromatic N) is 2. The number of hydrogen-bond acceptors (Lipinski definition) is 5. The molecule has 1 saturated carbocycles. The summed E-state index contributed by atoms with van der Waals surface area (Å²) in [5.41, 5.74) is 0.546. The average Bonchev–Trinajstić information content (AvgIpc) is 3.13. The Labute approximate surface area is 201 Å². The average molecular weight is 470 g/mol. The van der Waals surface area contributed by atoms with Crippen molar-refractivity contribution in [1.29, 1.82) is 0 Å². The van der Waals surface area contributed by atoms with Gasteiger partial charge in [0.2, 0.25) is 5.91 Å². The predicted molar refractivity (Wildman–Crippen MR) is 127 cm³/mol. The van der Waals surface area contributed by atoms with Gasteiger partial charge in [-0.15, -0.1) is 0 Å². The fourth-order valence-corrected chi connectivity index (χ4v) is 5.61. The summed E-state index contributed by atoms with van der Waals surface area (Å²) < 4.78 is 10.5. The minimum atomic E-state index is -0.428. The van der Waals surface area contributed by atoms with Gasteiger partial charge in [0.05, 0.1) is 11.2 Å². The number of likely N-dealkylation sites (tertiary alicyclic amines) is 2. The Balaban J connectivity index is 1.27. The van der Waals surface area contributed by atoms with Gasteiger partial charge >= 0.3 is 12.2 Å². The third-order valence-electron chi connectivity index (χ3n) is 7.35. The van der Waals surface area contributed by atoms with Crippen molar-refractivity contribution in [2.45, 2.75) is 70.6 Å². The van der Waals surface area contributed by atoms with Gasteiger partial charge in [-0.1, -0.05) is 43.3 Å². The van der Waals surface area contributed by atoms with E-state index >= 15 is 0 Å². The van der Waals surface area contributed by atoms with Crippen molar-refractivity contribution in [3.63, 3.8) is 0 Å². The van der Waals surface area contributed by atoms with Gasteiger partial charge in [0.15, 0.2) is 0 Å². The minimum absolute atomic E-state index is 0.0558. The molecule has 0 aromatic heterocycles. The first kappa shape index (κ1) is 24.1. The first-order chi connectivity index (χ1) is 16.4. The fourth-order valence-electron chi connectivity index (χ4n) is 5.61. The van der Waals surface area contributed by atoms with Crippen LogP contribution in [-0.4, -0.2) is 59.6 Å². The van der Waals surface area contributed by atoms with E-state index in [2.05, 4.69) is 11.9 Å². The molecule has 3 fully saturated rings. The first-order valence-corrected chi connectivity index (χ1v) is 12.3. The topological polar surface area (TPSA) is 88.2 Å². The van der Waals surface area contributed by atoms with Crippen LogP contribution in [0.25, 0.3) is 0 Å². The number of piperidine rings is 1. The summed E-state index contributed by atoms with van der Waals surface area (Å²) in [5, 5.41) is 2.99. The van der Waals surface area contributed by atoms with E-state index in [-0.39, 0.29) is 30.7 Å². The highest BCUT2D eigenvalue weighted by Crippen LogP contribution is 2.46. The molecular formula is C26H35N3O5. The number of hydrogen-bond donors (Lipinski definition) is 1. The van der Waals surface area contributed by atoms with Gasteiger partial charge in [-0.25, -0.2) is 9.59 Å². The quantitative estimate of drug-likeness (QED) is 0.653. The third-order valence-corrected chi connectivity index (χ3v) is 7.35. The van der Waals surface area contributed by atoms with Crippen molar-refractivity contribution in [2.75, 3.05) is 19.6 Å². The molecule has 1 aromatic rings. The second kappa shape index (κ2) is 10.5. The zero-order valence-electron chi connectivity index (χ0n) is 20.0. The molecule has 8 nitrogen and oxygen atoms in total. The van der Waals surface area contributed by atoms with Crippen LogP contribution < -0.4 is 5.32 Å². The van der Waals surface area contributed by atoms with Crippen molar-refractivity contribution in [3.05, 3.63) is 48.2 Å². The maximum atomic E-state index is 13.5. The Hall–Kier alpha value is -3.03. The molecule has 184 valence electrons. The first-order valence-electron chi connectivity index (χ1n) is 12.3. The van der Waals surface area contributed by atoms with Crippen molar-refractivity contribution in [1.82, 2.24) is 15.1 Å². The van der Waals surface area contributed by atoms with Gasteiger partial charge in [-0.05, 0) is 51.0 Å². The Bertz CT molecular complexity index is 912. The van der Waals surface area contributed by atoms with Gasteiger partial charge in [-0.2, -0.15) is 0 Å². The molecule has 34 heavy (non-hydrogen) atoms. The van der Waals surface area contributed by atoms with Crippen LogP contribution in [0.4, 0.5) is 9.59 Å². The molecule has 0 bridgehead atoms. The Morgan fingerprint density at radius 2 is 1.85 bits per heavy atom. The second-order valence-corrected chi connectivity index (χ2v) is 9.82. The standard InChI is InChI=1S/C26H35N3O5/c1-19(2)34-25(32)28-14-10-22(11-15-28)29-16-13-26(23(29)30)12-6-9-21(17-26)27-24(31)33-18-20-7-4-3-5-8-20/h3-5,7-8,21-22H,1,6,9-18H2,2H3,(H,27,31). The molecule has 1 aliphatic carbocycles. The highest BCUT2D eigenvalue weighted by molar-refractivity contribution is 5.85. The lowest BCUT2D eigenvalue weighted by atomic mass is 9.71. The van der Waals surface area contributed by atoms with Crippen LogP contribution in [0.5, 0.6) is 0 Å². The molecule has 2 saturated heterocycles. The van der Waals surface area contributed by atoms with Crippen molar-refractivity contribution < 1.29 is 23.9 Å². The minimum Gasteiger partial charge on any atom is -0.445 e. The number of carbonyl (C=O) groups excluding carboxylic acids is 3. The Kier molecular flexibility index (Phi) is 7.44. The lowest BCUT2D eigenvalue weighted by Gasteiger charge is -2.39. The molecule has 1 spiro atoms. The van der Waals surface area contributed by atoms with Crippen LogP contribution in [-0.2, 0) is 20.9 Å². The molecule has 8 heteroatoms. The van der Waals surface area contributed by atoms with E-state index in [0.29, 0.717) is 25.3 Å². The normalized spacial score (nSPS) is 25.3. The van der Waals surface area contributed by atoms with Gasteiger partial charge in [-0.3, -0.25) is 4.79 Å². The summed E-state index contributed by atoms with van der Waals surface area (Å²) in [4.78, 5) is 41.7. The van der Waals surface area contributed by atoms with Crippen molar-refractivity contribution in [2.24, 2.45) is 5.41 Å². The van der Waals surface area contributed by atoms with Crippen molar-refractivity contribution >= 4 is 18.1 Å². The summed E-state index contributed by atoms with van der Waals surface area (Å²) in [7, 11) is 0. The Morgan fingerprint density at radius 3 is 2.56 bits per heavy atom. The molecule has 1 N–H and O–H groups in total. The zero-order chi connectivity index (χ0) is 24.1. The van der Waals surface area contributed by atoms with Gasteiger partial charge in [0, 0.05) is 31.7 Å². The number of carbonyl (C=O) groups is 3. The Morgan fingerprint density at radius 1 is 1.12 bits per heavy atom. The molecule has 3 amide bonds. The van der Waals surface area contributed by atoms with Gasteiger partial charge < -0.3 is 24.6 Å². The largest absolute Gasteiger partial charge is 0.445 e. The highest BCUT2D eigenvalue weighted by Gasteiger charge is 2.51. The van der Waals surface area contributed by atoms with Crippen LogP contribution >= 0.6 is 0 Å². The summed E-state index contributed by atoms with van der Waals surface area (Å²) >= 11 is 0. The summed E-state index contributed by atoms with van der Waals surface area (Å²) in [6, 6.07) is 9.68. The van der Waals surface area contributed by atoms with Crippen molar-refractivity contribution in [3.8, 4) is 0 Å². The van der Waals surface area contributed by atoms with E-state index in [4.69, 9.17) is 9.47 Å². The van der Waals surface area contributed by atoms with Gasteiger partial charge in [0.25, 0.3) is 0 Å². The van der Waals surface area contributed by atoms with E-state index in [9.17, 15) is 14.4 Å². The van der Waals surface area contributed by atoms with Crippen LogP contribution in [0.3, 0.4) is 0 Å². The maximum absolute atomic E-state index is 13.5. The molecule has 4 rings (SSSR count). The monoisotopic (exact) mass is 469 g/mol. The van der Waals surface area contributed by atoms with E-state index in [1.807, 2.05) is 35.2 Å². The highest BCUT2D eigenvalue weighted by atomic mass is 16.6. The SMILES string of the molecule is C=C(C)OC(=O)N1CCC(N2CCC3(CCCC(NC(=O)OCc4ccccc4)C3)C2=O)CC1. The van der Waals surface area contributed by atoms with E-state index in [0.717, 1.165) is 50.6 Å². The number of rotatable bonds is 5. The number of allylic oxidation sites excluding steroid dienone is 1. The second-order valence-electron chi connectivity index (χ2n) is 9.82. The number of benzene rings is 1. The van der Waals surface area contributed by atoms with E-state index in [1.165, 1.54) is 0 Å². The van der Waals surface area contributed by atoms with Gasteiger partial charge in [0.1, 0.15) is 6.61 Å². The lowest BCUT2D eigenvalue weighted by Crippen LogP contribution is -2.50. The molecule has 2 atom stereocenters. The summed E-state index contributed by atoms with van der Waals surface area (Å²) in [6.45, 7) is 7.39. The fraction of sp³-hybridized carbons (Fsp3) is 0.577. The predicted octanol–water partition coefficient (Wildman–Crippen LogP) is 4.21. The van der Waals surface area contributed by atoms with E-state index < -0.39 is 11.5 Å². The number of alkyl carbamates (subject to hydrolysis) is 1. The third kappa shape index (κ3) is 5.54. The summed E-state index contributed by atoms with van der Waals surface area (Å²) in [5.74, 6) is 0.591. The lowest BCUT2D eigenvalue weighted by molar-refractivity contribution is -0.140. The van der Waals surface area contributed by atoms with Crippen LogP contribution in [0, 0.1) is 5.41 Å². The number of nitrogens with one attached hydrogen (secondary N) is 1. The smallest absolute Gasteiger partial charge is 0.414 e. The molecule has 2 aliphatic heterocycles. The summed E-state index contributed by atoms with van der Waals surface area (Å²) in [6.07, 6.45) is 4.82. The number of amides is 3. The molecule has 1 aromatic carbocycles. The van der Waals surface area contributed by atoms with Crippen LogP contribution in [0.15, 0.2) is 42.7 Å². The van der Waals surface area contributed by atoms with Crippen LogP contribution in [0.2, 0.25) is 0 Å². The maximum Gasteiger partial charge on any atom is 0.414 e. The van der Waals surface area contributed by atoms with E-state index in [1.54, 1.807) is 11.8 Å². The molecule has 2 unspecified atom stereocenters.